The summed E-state index contributed by atoms with van der Waals surface area (Å²) in [6.45, 7) is 6.24. The van der Waals surface area contributed by atoms with Crippen LogP contribution in [0.15, 0.2) is 12.1 Å². The van der Waals surface area contributed by atoms with Gasteiger partial charge in [-0.05, 0) is 32.4 Å². The van der Waals surface area contributed by atoms with E-state index in [0.29, 0.717) is 6.79 Å². The van der Waals surface area contributed by atoms with Crippen LogP contribution in [0.4, 0.5) is 0 Å². The van der Waals surface area contributed by atoms with Crippen molar-refractivity contribution in [2.45, 2.75) is 26.3 Å². The van der Waals surface area contributed by atoms with E-state index < -0.39 is 5.54 Å². The quantitative estimate of drug-likeness (QED) is 0.741. The Kier molecular flexibility index (Phi) is 1.93. The van der Waals surface area contributed by atoms with Crippen molar-refractivity contribution in [3.63, 3.8) is 0 Å². The van der Waals surface area contributed by atoms with Crippen LogP contribution in [0, 0.1) is 6.92 Å². The smallest absolute Gasteiger partial charge is 0.231 e. The highest BCUT2D eigenvalue weighted by molar-refractivity contribution is 5.53. The molecule has 3 nitrogen and oxygen atoms in total. The molecule has 0 unspecified atom stereocenters. The van der Waals surface area contributed by atoms with Gasteiger partial charge >= 0.3 is 0 Å². The molecule has 0 fully saturated rings. The number of ether oxygens (including phenoxy) is 2. The van der Waals surface area contributed by atoms with Crippen LogP contribution in [0.2, 0.25) is 0 Å². The third kappa shape index (κ3) is 1.44. The fraction of sp³-hybridized carbons (Fsp3) is 0.455. The minimum atomic E-state index is -0.399. The van der Waals surface area contributed by atoms with Crippen molar-refractivity contribution in [1.29, 1.82) is 0 Å². The van der Waals surface area contributed by atoms with Crippen LogP contribution in [0.3, 0.4) is 0 Å². The number of fused-ring (bicyclic) bond motifs is 1. The third-order valence-electron chi connectivity index (χ3n) is 2.31. The Balaban J connectivity index is 2.60. The molecular weight excluding hydrogens is 178 g/mol. The first-order valence-electron chi connectivity index (χ1n) is 4.68. The first-order chi connectivity index (χ1) is 6.48. The van der Waals surface area contributed by atoms with E-state index in [9.17, 15) is 0 Å². The SMILES string of the molecule is Cc1cc2c(c(C(C)(C)N)c1)OCO2. The summed E-state index contributed by atoms with van der Waals surface area (Å²) < 4.78 is 10.7. The number of aryl methyl sites for hydroxylation is 1. The van der Waals surface area contributed by atoms with Gasteiger partial charge in [0.15, 0.2) is 11.5 Å². The molecule has 2 rings (SSSR count). The van der Waals surface area contributed by atoms with Gasteiger partial charge in [-0.25, -0.2) is 0 Å². The summed E-state index contributed by atoms with van der Waals surface area (Å²) >= 11 is 0. The van der Waals surface area contributed by atoms with E-state index in [1.165, 1.54) is 0 Å². The first-order valence-corrected chi connectivity index (χ1v) is 4.68. The van der Waals surface area contributed by atoms with Gasteiger partial charge in [0.25, 0.3) is 0 Å². The average Bonchev–Trinajstić information content (AvgIpc) is 2.47. The Morgan fingerprint density at radius 2 is 2.00 bits per heavy atom. The number of benzene rings is 1. The number of hydrogen-bond donors (Lipinski definition) is 1. The number of rotatable bonds is 1. The van der Waals surface area contributed by atoms with Crippen LogP contribution in [0.1, 0.15) is 25.0 Å². The molecule has 0 atom stereocenters. The molecule has 0 aromatic heterocycles. The maximum Gasteiger partial charge on any atom is 0.231 e. The Hall–Kier alpha value is -1.22. The van der Waals surface area contributed by atoms with Crippen LogP contribution in [-0.2, 0) is 5.54 Å². The lowest BCUT2D eigenvalue weighted by Crippen LogP contribution is -2.29. The van der Waals surface area contributed by atoms with E-state index in [1.807, 2.05) is 32.9 Å². The van der Waals surface area contributed by atoms with E-state index in [4.69, 9.17) is 15.2 Å². The lowest BCUT2D eigenvalue weighted by Gasteiger charge is -2.21. The molecule has 1 heterocycles. The van der Waals surface area contributed by atoms with E-state index in [0.717, 1.165) is 22.6 Å². The zero-order valence-corrected chi connectivity index (χ0v) is 8.76. The fourth-order valence-corrected chi connectivity index (χ4v) is 1.63. The van der Waals surface area contributed by atoms with E-state index in [-0.39, 0.29) is 0 Å². The summed E-state index contributed by atoms with van der Waals surface area (Å²) in [5.41, 5.74) is 7.81. The first kappa shape index (κ1) is 9.34. The molecule has 0 amide bonds. The second-order valence-corrected chi connectivity index (χ2v) is 4.27. The second kappa shape index (κ2) is 2.89. The predicted molar refractivity (Wildman–Crippen MR) is 54.5 cm³/mol. The van der Waals surface area contributed by atoms with Crippen LogP contribution >= 0.6 is 0 Å². The summed E-state index contributed by atoms with van der Waals surface area (Å²) in [5.74, 6) is 1.60. The van der Waals surface area contributed by atoms with Crippen molar-refractivity contribution in [2.75, 3.05) is 6.79 Å². The van der Waals surface area contributed by atoms with Crippen molar-refractivity contribution in [1.82, 2.24) is 0 Å². The number of hydrogen-bond acceptors (Lipinski definition) is 3. The van der Waals surface area contributed by atoms with Crippen LogP contribution in [-0.4, -0.2) is 6.79 Å². The zero-order chi connectivity index (χ0) is 10.3. The van der Waals surface area contributed by atoms with E-state index >= 15 is 0 Å². The Bertz CT molecular complexity index is 366. The van der Waals surface area contributed by atoms with Gasteiger partial charge in [-0.1, -0.05) is 6.07 Å². The highest BCUT2D eigenvalue weighted by Crippen LogP contribution is 2.40. The van der Waals surface area contributed by atoms with Crippen molar-refractivity contribution < 1.29 is 9.47 Å². The highest BCUT2D eigenvalue weighted by Gasteiger charge is 2.26. The monoisotopic (exact) mass is 193 g/mol. The van der Waals surface area contributed by atoms with Gasteiger partial charge in [-0.2, -0.15) is 0 Å². The molecular formula is C11H15NO2. The van der Waals surface area contributed by atoms with Crippen molar-refractivity contribution in [2.24, 2.45) is 5.73 Å². The molecule has 76 valence electrons. The Labute approximate surface area is 83.8 Å². The largest absolute Gasteiger partial charge is 0.454 e. The van der Waals surface area contributed by atoms with Crippen LogP contribution in [0.25, 0.3) is 0 Å². The minimum absolute atomic E-state index is 0.294. The molecule has 14 heavy (non-hydrogen) atoms. The fourth-order valence-electron chi connectivity index (χ4n) is 1.63. The molecule has 0 saturated heterocycles. The van der Waals surface area contributed by atoms with Gasteiger partial charge in [0, 0.05) is 11.1 Å². The summed E-state index contributed by atoms with van der Waals surface area (Å²) in [6.07, 6.45) is 0. The molecule has 0 saturated carbocycles. The minimum Gasteiger partial charge on any atom is -0.454 e. The Morgan fingerprint density at radius 3 is 2.64 bits per heavy atom. The maximum absolute atomic E-state index is 6.06. The van der Waals surface area contributed by atoms with Gasteiger partial charge in [-0.3, -0.25) is 0 Å². The Morgan fingerprint density at radius 1 is 1.29 bits per heavy atom. The molecule has 0 spiro atoms. The van der Waals surface area contributed by atoms with Crippen molar-refractivity contribution in [3.05, 3.63) is 23.3 Å². The highest BCUT2D eigenvalue weighted by atomic mass is 16.7. The lowest BCUT2D eigenvalue weighted by atomic mass is 9.93. The second-order valence-electron chi connectivity index (χ2n) is 4.27. The molecule has 1 aromatic carbocycles. The molecule has 1 aromatic rings. The normalized spacial score (nSPS) is 14.6. The van der Waals surface area contributed by atoms with Crippen molar-refractivity contribution >= 4 is 0 Å². The summed E-state index contributed by atoms with van der Waals surface area (Å²) in [7, 11) is 0. The van der Waals surface area contributed by atoms with Gasteiger partial charge in [0.2, 0.25) is 6.79 Å². The number of nitrogens with two attached hydrogens (primary N) is 1. The topological polar surface area (TPSA) is 44.5 Å². The summed E-state index contributed by atoms with van der Waals surface area (Å²) in [5, 5.41) is 0. The van der Waals surface area contributed by atoms with Crippen molar-refractivity contribution in [3.8, 4) is 11.5 Å². The van der Waals surface area contributed by atoms with E-state index in [2.05, 4.69) is 0 Å². The third-order valence-corrected chi connectivity index (χ3v) is 2.31. The maximum atomic E-state index is 6.06. The molecule has 0 radical (unpaired) electrons. The van der Waals surface area contributed by atoms with Crippen LogP contribution in [0.5, 0.6) is 11.5 Å². The zero-order valence-electron chi connectivity index (χ0n) is 8.76. The van der Waals surface area contributed by atoms with Crippen LogP contribution < -0.4 is 15.2 Å². The van der Waals surface area contributed by atoms with Gasteiger partial charge in [-0.15, -0.1) is 0 Å². The molecule has 1 aliphatic rings. The lowest BCUT2D eigenvalue weighted by molar-refractivity contribution is 0.172. The summed E-state index contributed by atoms with van der Waals surface area (Å²) in [6, 6.07) is 4.02. The van der Waals surface area contributed by atoms with Gasteiger partial charge in [0.05, 0.1) is 0 Å². The standard InChI is InChI=1S/C11H15NO2/c1-7-4-8(11(2,3)12)10-9(5-7)13-6-14-10/h4-5H,6,12H2,1-3H3. The van der Waals surface area contributed by atoms with Gasteiger partial charge in [0.1, 0.15) is 0 Å². The molecule has 0 aliphatic carbocycles. The molecule has 1 aliphatic heterocycles. The summed E-state index contributed by atoms with van der Waals surface area (Å²) in [4.78, 5) is 0. The van der Waals surface area contributed by atoms with E-state index in [1.54, 1.807) is 0 Å². The predicted octanol–water partition coefficient (Wildman–Crippen LogP) is 1.92. The average molecular weight is 193 g/mol. The molecule has 2 N–H and O–H groups in total. The van der Waals surface area contributed by atoms with Gasteiger partial charge < -0.3 is 15.2 Å². The molecule has 3 heteroatoms. The molecule has 0 bridgehead atoms.